The number of rotatable bonds is 6. The first-order valence-electron chi connectivity index (χ1n) is 5.68. The van der Waals surface area contributed by atoms with E-state index in [1.807, 2.05) is 30.8 Å². The van der Waals surface area contributed by atoms with E-state index in [1.54, 1.807) is 0 Å². The van der Waals surface area contributed by atoms with Crippen molar-refractivity contribution < 1.29 is 5.11 Å². The van der Waals surface area contributed by atoms with Crippen LogP contribution in [-0.2, 0) is 0 Å². The zero-order chi connectivity index (χ0) is 11.1. The second-order valence-corrected chi connectivity index (χ2v) is 4.86. The average molecular weight is 224 g/mol. The lowest BCUT2D eigenvalue weighted by Crippen LogP contribution is -1.94. The quantitative estimate of drug-likeness (QED) is 0.581. The molecule has 0 aromatic heterocycles. The summed E-state index contributed by atoms with van der Waals surface area (Å²) in [6.45, 7) is 4.20. The highest BCUT2D eigenvalue weighted by Crippen LogP contribution is 2.23. The molecule has 0 fully saturated rings. The van der Waals surface area contributed by atoms with Gasteiger partial charge in [0.05, 0.1) is 6.10 Å². The molecule has 0 saturated carbocycles. The van der Waals surface area contributed by atoms with Crippen molar-refractivity contribution in [2.75, 3.05) is 5.75 Å². The van der Waals surface area contributed by atoms with E-state index in [0.29, 0.717) is 0 Å². The first kappa shape index (κ1) is 12.6. The Morgan fingerprint density at radius 2 is 1.87 bits per heavy atom. The van der Waals surface area contributed by atoms with Crippen LogP contribution in [0.25, 0.3) is 0 Å². The third-order valence-corrected chi connectivity index (χ3v) is 3.52. The van der Waals surface area contributed by atoms with Crippen molar-refractivity contribution in [3.05, 3.63) is 29.8 Å². The highest BCUT2D eigenvalue weighted by Gasteiger charge is 2.03. The van der Waals surface area contributed by atoms with E-state index in [2.05, 4.69) is 19.1 Å². The van der Waals surface area contributed by atoms with Gasteiger partial charge in [-0.3, -0.25) is 0 Å². The molecule has 0 aliphatic heterocycles. The number of aliphatic hydroxyl groups excluding tert-OH is 1. The zero-order valence-corrected chi connectivity index (χ0v) is 10.4. The Balaban J connectivity index is 2.49. The molecule has 1 nitrogen and oxygen atoms in total. The standard InChI is InChI=1S/C13H20OS/c1-3-5-10-15-12-8-6-11(7-9-12)13(14)4-2/h6-9,13-14H,3-5,10H2,1-2H3. The van der Waals surface area contributed by atoms with Gasteiger partial charge >= 0.3 is 0 Å². The summed E-state index contributed by atoms with van der Waals surface area (Å²) in [5, 5.41) is 9.63. The summed E-state index contributed by atoms with van der Waals surface area (Å²) in [7, 11) is 0. The smallest absolute Gasteiger partial charge is 0.0787 e. The first-order valence-corrected chi connectivity index (χ1v) is 6.67. The van der Waals surface area contributed by atoms with Gasteiger partial charge in [0, 0.05) is 4.90 Å². The number of thioether (sulfide) groups is 1. The topological polar surface area (TPSA) is 20.2 Å². The third-order valence-electron chi connectivity index (χ3n) is 2.42. The van der Waals surface area contributed by atoms with E-state index >= 15 is 0 Å². The third kappa shape index (κ3) is 4.27. The minimum Gasteiger partial charge on any atom is -0.388 e. The van der Waals surface area contributed by atoms with Gasteiger partial charge in [-0.15, -0.1) is 11.8 Å². The molecule has 0 aliphatic carbocycles. The molecular formula is C13H20OS. The van der Waals surface area contributed by atoms with E-state index in [1.165, 1.54) is 23.5 Å². The van der Waals surface area contributed by atoms with Crippen molar-refractivity contribution in [2.24, 2.45) is 0 Å². The Labute approximate surface area is 96.9 Å². The lowest BCUT2D eigenvalue weighted by molar-refractivity contribution is 0.173. The van der Waals surface area contributed by atoms with E-state index in [4.69, 9.17) is 0 Å². The van der Waals surface area contributed by atoms with Crippen LogP contribution < -0.4 is 0 Å². The second-order valence-electron chi connectivity index (χ2n) is 3.70. The average Bonchev–Trinajstić information content (AvgIpc) is 2.29. The Morgan fingerprint density at radius 3 is 2.40 bits per heavy atom. The zero-order valence-electron chi connectivity index (χ0n) is 9.57. The molecular weight excluding hydrogens is 204 g/mol. The molecule has 15 heavy (non-hydrogen) atoms. The van der Waals surface area contributed by atoms with Crippen molar-refractivity contribution in [2.45, 2.75) is 44.1 Å². The van der Waals surface area contributed by atoms with Crippen LogP contribution in [0.15, 0.2) is 29.2 Å². The van der Waals surface area contributed by atoms with Crippen LogP contribution in [0, 0.1) is 0 Å². The highest BCUT2D eigenvalue weighted by molar-refractivity contribution is 7.99. The predicted molar refractivity (Wildman–Crippen MR) is 67.3 cm³/mol. The first-order chi connectivity index (χ1) is 7.27. The second kappa shape index (κ2) is 6.91. The molecule has 1 N–H and O–H groups in total. The van der Waals surface area contributed by atoms with E-state index in [0.717, 1.165) is 12.0 Å². The molecule has 0 spiro atoms. The van der Waals surface area contributed by atoms with Gasteiger partial charge in [-0.2, -0.15) is 0 Å². The SMILES string of the molecule is CCCCSc1ccc(C(O)CC)cc1. The molecule has 1 aromatic carbocycles. The van der Waals surface area contributed by atoms with Gasteiger partial charge in [-0.1, -0.05) is 32.4 Å². The number of hydrogen-bond acceptors (Lipinski definition) is 2. The maximum absolute atomic E-state index is 9.63. The van der Waals surface area contributed by atoms with E-state index < -0.39 is 0 Å². The van der Waals surface area contributed by atoms with Crippen LogP contribution in [0.2, 0.25) is 0 Å². The maximum Gasteiger partial charge on any atom is 0.0787 e. The molecule has 2 heteroatoms. The van der Waals surface area contributed by atoms with Crippen molar-refractivity contribution in [3.63, 3.8) is 0 Å². The van der Waals surface area contributed by atoms with Gasteiger partial charge in [0.15, 0.2) is 0 Å². The molecule has 0 saturated heterocycles. The van der Waals surface area contributed by atoms with Crippen molar-refractivity contribution in [1.82, 2.24) is 0 Å². The number of aliphatic hydroxyl groups is 1. The molecule has 0 amide bonds. The van der Waals surface area contributed by atoms with Crippen LogP contribution >= 0.6 is 11.8 Å². The van der Waals surface area contributed by atoms with Gasteiger partial charge < -0.3 is 5.11 Å². The van der Waals surface area contributed by atoms with Crippen LogP contribution in [0.5, 0.6) is 0 Å². The predicted octanol–water partition coefficient (Wildman–Crippen LogP) is 4.02. The number of unbranched alkanes of at least 4 members (excludes halogenated alkanes) is 1. The van der Waals surface area contributed by atoms with Gasteiger partial charge in [-0.25, -0.2) is 0 Å². The van der Waals surface area contributed by atoms with Crippen LogP contribution in [0.3, 0.4) is 0 Å². The maximum atomic E-state index is 9.63. The van der Waals surface area contributed by atoms with E-state index in [-0.39, 0.29) is 6.10 Å². The summed E-state index contributed by atoms with van der Waals surface area (Å²) in [6.07, 6.45) is 2.99. The Bertz CT molecular complexity index is 268. The van der Waals surface area contributed by atoms with Crippen LogP contribution in [0.1, 0.15) is 44.8 Å². The fourth-order valence-corrected chi connectivity index (χ4v) is 2.35. The Hall–Kier alpha value is -0.470. The van der Waals surface area contributed by atoms with Crippen molar-refractivity contribution in [3.8, 4) is 0 Å². The lowest BCUT2D eigenvalue weighted by atomic mass is 10.1. The molecule has 1 atom stereocenters. The fraction of sp³-hybridized carbons (Fsp3) is 0.538. The summed E-state index contributed by atoms with van der Waals surface area (Å²) in [6, 6.07) is 8.27. The molecule has 0 radical (unpaired) electrons. The summed E-state index contributed by atoms with van der Waals surface area (Å²) in [4.78, 5) is 1.30. The van der Waals surface area contributed by atoms with Crippen molar-refractivity contribution >= 4 is 11.8 Å². The summed E-state index contributed by atoms with van der Waals surface area (Å²) in [5.41, 5.74) is 1.03. The molecule has 0 aliphatic rings. The molecule has 1 unspecified atom stereocenters. The molecule has 0 heterocycles. The minimum absolute atomic E-state index is 0.306. The molecule has 1 aromatic rings. The Kier molecular flexibility index (Phi) is 5.81. The van der Waals surface area contributed by atoms with Gasteiger partial charge in [0.2, 0.25) is 0 Å². The van der Waals surface area contributed by atoms with E-state index in [9.17, 15) is 5.11 Å². The minimum atomic E-state index is -0.306. The molecule has 84 valence electrons. The summed E-state index contributed by atoms with van der Waals surface area (Å²) < 4.78 is 0. The van der Waals surface area contributed by atoms with Gasteiger partial charge in [-0.05, 0) is 36.3 Å². The fourth-order valence-electron chi connectivity index (χ4n) is 1.36. The number of hydrogen-bond donors (Lipinski definition) is 1. The lowest BCUT2D eigenvalue weighted by Gasteiger charge is -2.08. The molecule has 1 rings (SSSR count). The van der Waals surface area contributed by atoms with Crippen LogP contribution in [0.4, 0.5) is 0 Å². The normalized spacial score (nSPS) is 12.7. The molecule has 0 bridgehead atoms. The largest absolute Gasteiger partial charge is 0.388 e. The van der Waals surface area contributed by atoms with Gasteiger partial charge in [0.1, 0.15) is 0 Å². The summed E-state index contributed by atoms with van der Waals surface area (Å²) >= 11 is 1.89. The number of benzene rings is 1. The summed E-state index contributed by atoms with van der Waals surface area (Å²) in [5.74, 6) is 1.19. The monoisotopic (exact) mass is 224 g/mol. The van der Waals surface area contributed by atoms with Crippen LogP contribution in [-0.4, -0.2) is 10.9 Å². The van der Waals surface area contributed by atoms with Crippen molar-refractivity contribution in [1.29, 1.82) is 0 Å². The highest BCUT2D eigenvalue weighted by atomic mass is 32.2. The van der Waals surface area contributed by atoms with Gasteiger partial charge in [0.25, 0.3) is 0 Å². The Morgan fingerprint density at radius 1 is 1.20 bits per heavy atom.